The predicted molar refractivity (Wildman–Crippen MR) is 139 cm³/mol. The fraction of sp³-hybridized carbons (Fsp3) is 0.931. The molecule has 0 aliphatic heterocycles. The molecule has 196 valence electrons. The lowest BCUT2D eigenvalue weighted by Crippen LogP contribution is -2.12. The molecule has 0 aromatic rings. The summed E-state index contributed by atoms with van der Waals surface area (Å²) in [5.74, 6) is 0.465. The van der Waals surface area contributed by atoms with Gasteiger partial charge < -0.3 is 9.47 Å². The van der Waals surface area contributed by atoms with Crippen molar-refractivity contribution in [2.45, 2.75) is 156 Å². The third-order valence-electron chi connectivity index (χ3n) is 6.55. The van der Waals surface area contributed by atoms with Crippen molar-refractivity contribution < 1.29 is 19.1 Å². The summed E-state index contributed by atoms with van der Waals surface area (Å²) in [4.78, 5) is 23.7. The third kappa shape index (κ3) is 23.9. The smallest absolute Gasteiger partial charge is 0.306 e. The van der Waals surface area contributed by atoms with Crippen LogP contribution in [0.15, 0.2) is 0 Å². The Morgan fingerprint density at radius 1 is 0.545 bits per heavy atom. The number of hydrogen-bond acceptors (Lipinski definition) is 4. The largest absolute Gasteiger partial charge is 0.466 e. The van der Waals surface area contributed by atoms with E-state index in [0.717, 1.165) is 51.4 Å². The van der Waals surface area contributed by atoms with Gasteiger partial charge in [-0.2, -0.15) is 0 Å². The molecule has 0 bridgehead atoms. The Morgan fingerprint density at radius 2 is 1.00 bits per heavy atom. The van der Waals surface area contributed by atoms with Crippen LogP contribution in [0.25, 0.3) is 0 Å². The van der Waals surface area contributed by atoms with Crippen LogP contribution in [0.3, 0.4) is 0 Å². The van der Waals surface area contributed by atoms with Crippen molar-refractivity contribution in [3.63, 3.8) is 0 Å². The SMILES string of the molecule is CCCCCCOC(=O)CCCCCCCCCCCC(CC)CC(=O)OCCCCCC. The van der Waals surface area contributed by atoms with Gasteiger partial charge in [0.1, 0.15) is 0 Å². The van der Waals surface area contributed by atoms with Crippen LogP contribution in [0.5, 0.6) is 0 Å². The molecule has 0 radical (unpaired) electrons. The van der Waals surface area contributed by atoms with Crippen LogP contribution in [0.2, 0.25) is 0 Å². The highest BCUT2D eigenvalue weighted by Gasteiger charge is 2.13. The van der Waals surface area contributed by atoms with Crippen molar-refractivity contribution in [2.24, 2.45) is 5.92 Å². The number of hydrogen-bond donors (Lipinski definition) is 0. The Morgan fingerprint density at radius 3 is 1.52 bits per heavy atom. The molecule has 33 heavy (non-hydrogen) atoms. The fourth-order valence-electron chi connectivity index (χ4n) is 4.19. The Hall–Kier alpha value is -1.06. The van der Waals surface area contributed by atoms with Crippen LogP contribution in [0.1, 0.15) is 156 Å². The summed E-state index contributed by atoms with van der Waals surface area (Å²) in [6.45, 7) is 7.76. The minimum Gasteiger partial charge on any atom is -0.466 e. The number of carbonyl (C=O) groups is 2. The van der Waals surface area contributed by atoms with E-state index in [1.165, 1.54) is 70.6 Å². The Kier molecular flexibility index (Phi) is 24.7. The van der Waals surface area contributed by atoms with Crippen LogP contribution in [-0.4, -0.2) is 25.2 Å². The Bertz CT molecular complexity index is 435. The van der Waals surface area contributed by atoms with Gasteiger partial charge in [-0.3, -0.25) is 9.59 Å². The molecule has 0 saturated carbocycles. The second-order valence-electron chi connectivity index (χ2n) is 9.76. The maximum Gasteiger partial charge on any atom is 0.306 e. The van der Waals surface area contributed by atoms with Gasteiger partial charge in [-0.15, -0.1) is 0 Å². The number of esters is 2. The average molecular weight is 469 g/mol. The van der Waals surface area contributed by atoms with Gasteiger partial charge in [-0.1, -0.05) is 117 Å². The second kappa shape index (κ2) is 25.6. The summed E-state index contributed by atoms with van der Waals surface area (Å²) < 4.78 is 10.7. The lowest BCUT2D eigenvalue weighted by molar-refractivity contribution is -0.145. The average Bonchev–Trinajstić information content (AvgIpc) is 2.81. The van der Waals surface area contributed by atoms with E-state index in [0.29, 0.717) is 32.0 Å². The zero-order valence-corrected chi connectivity index (χ0v) is 22.5. The molecule has 0 amide bonds. The first-order valence-electron chi connectivity index (χ1n) is 14.4. The van der Waals surface area contributed by atoms with Crippen LogP contribution in [-0.2, 0) is 19.1 Å². The minimum atomic E-state index is -0.0166. The molecule has 0 aliphatic carbocycles. The molecule has 0 fully saturated rings. The van der Waals surface area contributed by atoms with Gasteiger partial charge in [0.2, 0.25) is 0 Å². The molecule has 0 aromatic carbocycles. The van der Waals surface area contributed by atoms with E-state index in [1.807, 2.05) is 0 Å². The summed E-state index contributed by atoms with van der Waals surface area (Å²) in [5.41, 5.74) is 0. The van der Waals surface area contributed by atoms with Gasteiger partial charge in [-0.05, 0) is 31.6 Å². The highest BCUT2D eigenvalue weighted by molar-refractivity contribution is 5.69. The van der Waals surface area contributed by atoms with Crippen LogP contribution < -0.4 is 0 Å². The van der Waals surface area contributed by atoms with E-state index in [9.17, 15) is 9.59 Å². The van der Waals surface area contributed by atoms with Gasteiger partial charge in [0.15, 0.2) is 0 Å². The molecule has 1 unspecified atom stereocenters. The number of unbranched alkanes of at least 4 members (excludes halogenated alkanes) is 14. The molecule has 0 N–H and O–H groups in total. The molecule has 0 aliphatic rings. The quantitative estimate of drug-likeness (QED) is 0.0991. The third-order valence-corrected chi connectivity index (χ3v) is 6.55. The second-order valence-corrected chi connectivity index (χ2v) is 9.76. The zero-order chi connectivity index (χ0) is 24.4. The maximum absolute atomic E-state index is 12.0. The summed E-state index contributed by atoms with van der Waals surface area (Å²) in [7, 11) is 0. The minimum absolute atomic E-state index is 0.00131. The van der Waals surface area contributed by atoms with Gasteiger partial charge in [0.25, 0.3) is 0 Å². The van der Waals surface area contributed by atoms with Crippen LogP contribution in [0.4, 0.5) is 0 Å². The topological polar surface area (TPSA) is 52.6 Å². The highest BCUT2D eigenvalue weighted by atomic mass is 16.5. The number of ether oxygens (including phenoxy) is 2. The van der Waals surface area contributed by atoms with Crippen molar-refractivity contribution in [2.75, 3.05) is 13.2 Å². The van der Waals surface area contributed by atoms with Gasteiger partial charge in [0, 0.05) is 12.8 Å². The first kappa shape index (κ1) is 31.9. The summed E-state index contributed by atoms with van der Waals surface area (Å²) in [5, 5.41) is 0. The standard InChI is InChI=1S/C29H56O4/c1-4-7-9-20-24-32-28(30)23-19-17-15-13-11-12-14-16-18-22-27(6-3)26-29(31)33-25-21-10-8-5-2/h27H,4-26H2,1-3H3. The number of carbonyl (C=O) groups excluding carboxylic acids is 2. The van der Waals surface area contributed by atoms with Crippen molar-refractivity contribution in [3.05, 3.63) is 0 Å². The monoisotopic (exact) mass is 468 g/mol. The van der Waals surface area contributed by atoms with E-state index in [-0.39, 0.29) is 11.9 Å². The molecule has 4 heteroatoms. The van der Waals surface area contributed by atoms with Crippen molar-refractivity contribution in [1.82, 2.24) is 0 Å². The molecule has 0 saturated heterocycles. The molecule has 4 nitrogen and oxygen atoms in total. The molecule has 0 aromatic heterocycles. The Balaban J connectivity index is 3.44. The summed E-state index contributed by atoms with van der Waals surface area (Å²) in [6, 6.07) is 0. The number of rotatable bonds is 25. The van der Waals surface area contributed by atoms with Crippen LogP contribution in [0, 0.1) is 5.92 Å². The fourth-order valence-corrected chi connectivity index (χ4v) is 4.19. The first-order chi connectivity index (χ1) is 16.1. The van der Waals surface area contributed by atoms with E-state index in [2.05, 4.69) is 20.8 Å². The van der Waals surface area contributed by atoms with E-state index in [1.54, 1.807) is 0 Å². The van der Waals surface area contributed by atoms with Gasteiger partial charge in [-0.25, -0.2) is 0 Å². The lowest BCUT2D eigenvalue weighted by atomic mass is 9.95. The van der Waals surface area contributed by atoms with Crippen molar-refractivity contribution >= 4 is 11.9 Å². The summed E-state index contributed by atoms with van der Waals surface area (Å²) >= 11 is 0. The first-order valence-corrected chi connectivity index (χ1v) is 14.4. The van der Waals surface area contributed by atoms with Gasteiger partial charge in [0.05, 0.1) is 13.2 Å². The zero-order valence-electron chi connectivity index (χ0n) is 22.5. The van der Waals surface area contributed by atoms with Crippen LogP contribution >= 0.6 is 0 Å². The molecular weight excluding hydrogens is 412 g/mol. The maximum atomic E-state index is 12.0. The lowest BCUT2D eigenvalue weighted by Gasteiger charge is -2.14. The van der Waals surface area contributed by atoms with Gasteiger partial charge >= 0.3 is 11.9 Å². The van der Waals surface area contributed by atoms with Crippen molar-refractivity contribution in [3.8, 4) is 0 Å². The molecule has 0 rings (SSSR count). The summed E-state index contributed by atoms with van der Waals surface area (Å²) in [6.07, 6.45) is 23.6. The molecule has 0 spiro atoms. The normalized spacial score (nSPS) is 12.0. The molecule has 1 atom stereocenters. The molecule has 0 heterocycles. The Labute approximate surface area is 206 Å². The van der Waals surface area contributed by atoms with Crippen molar-refractivity contribution in [1.29, 1.82) is 0 Å². The highest BCUT2D eigenvalue weighted by Crippen LogP contribution is 2.19. The van der Waals surface area contributed by atoms with E-state index >= 15 is 0 Å². The predicted octanol–water partition coefficient (Wildman–Crippen LogP) is 8.94. The van der Waals surface area contributed by atoms with E-state index in [4.69, 9.17) is 9.47 Å². The molecular formula is C29H56O4. The van der Waals surface area contributed by atoms with E-state index < -0.39 is 0 Å².